The molecule has 1 saturated heterocycles. The maximum atomic E-state index is 4.56. The molecule has 0 bridgehead atoms. The molecular formula is C13H21N3. The molecule has 0 atom stereocenters. The number of hydrogen-bond acceptors (Lipinski definition) is 3. The van der Waals surface area contributed by atoms with E-state index in [1.54, 1.807) is 0 Å². The molecular weight excluding hydrogens is 198 g/mol. The van der Waals surface area contributed by atoms with Crippen LogP contribution in [0.4, 0.5) is 5.82 Å². The summed E-state index contributed by atoms with van der Waals surface area (Å²) in [5, 5.41) is 0. The molecule has 2 rings (SSSR count). The van der Waals surface area contributed by atoms with Gasteiger partial charge in [0, 0.05) is 18.5 Å². The van der Waals surface area contributed by atoms with Gasteiger partial charge in [-0.15, -0.1) is 0 Å². The molecule has 0 amide bonds. The van der Waals surface area contributed by atoms with E-state index < -0.39 is 0 Å². The van der Waals surface area contributed by atoms with Gasteiger partial charge in [-0.1, -0.05) is 20.8 Å². The Balaban J connectivity index is 2.15. The Kier molecular flexibility index (Phi) is 3.13. The van der Waals surface area contributed by atoms with Crippen LogP contribution in [0.5, 0.6) is 0 Å². The number of nitrogens with zero attached hydrogens (tertiary/aromatic N) is 3. The highest BCUT2D eigenvalue weighted by Crippen LogP contribution is 2.25. The van der Waals surface area contributed by atoms with Crippen molar-refractivity contribution in [2.75, 3.05) is 18.0 Å². The van der Waals surface area contributed by atoms with Crippen LogP contribution in [0.3, 0.4) is 0 Å². The lowest BCUT2D eigenvalue weighted by molar-refractivity contribution is 0.488. The monoisotopic (exact) mass is 219 g/mol. The summed E-state index contributed by atoms with van der Waals surface area (Å²) in [7, 11) is 0. The van der Waals surface area contributed by atoms with Crippen LogP contribution >= 0.6 is 0 Å². The summed E-state index contributed by atoms with van der Waals surface area (Å²) < 4.78 is 0. The Bertz CT molecular complexity index is 337. The van der Waals surface area contributed by atoms with Gasteiger partial charge in [-0.2, -0.15) is 0 Å². The van der Waals surface area contributed by atoms with Crippen molar-refractivity contribution in [1.82, 2.24) is 9.97 Å². The zero-order valence-corrected chi connectivity index (χ0v) is 10.5. The average Bonchev–Trinajstić information content (AvgIpc) is 2.83. The van der Waals surface area contributed by atoms with E-state index in [1.807, 2.05) is 12.4 Å². The second-order valence-corrected chi connectivity index (χ2v) is 5.19. The first-order valence-electron chi connectivity index (χ1n) is 6.21. The highest BCUT2D eigenvalue weighted by Gasteiger charge is 2.21. The number of anilines is 1. The highest BCUT2D eigenvalue weighted by atomic mass is 15.2. The van der Waals surface area contributed by atoms with E-state index in [9.17, 15) is 0 Å². The summed E-state index contributed by atoms with van der Waals surface area (Å²) in [4.78, 5) is 11.4. The van der Waals surface area contributed by atoms with Gasteiger partial charge in [-0.3, -0.25) is 4.98 Å². The second kappa shape index (κ2) is 4.40. The molecule has 1 aromatic rings. The molecule has 3 nitrogen and oxygen atoms in total. The minimum Gasteiger partial charge on any atom is -0.355 e. The van der Waals surface area contributed by atoms with Crippen LogP contribution in [0, 0.1) is 0 Å². The lowest BCUT2D eigenvalue weighted by Crippen LogP contribution is -2.22. The Morgan fingerprint density at radius 2 is 1.88 bits per heavy atom. The Hall–Kier alpha value is -1.12. The Morgan fingerprint density at radius 3 is 2.38 bits per heavy atom. The number of aromatic nitrogens is 2. The first kappa shape index (κ1) is 11.4. The Labute approximate surface area is 97.9 Å². The first-order valence-corrected chi connectivity index (χ1v) is 6.21. The molecule has 16 heavy (non-hydrogen) atoms. The van der Waals surface area contributed by atoms with E-state index in [-0.39, 0.29) is 5.41 Å². The van der Waals surface area contributed by atoms with E-state index in [4.69, 9.17) is 0 Å². The van der Waals surface area contributed by atoms with Crippen molar-refractivity contribution >= 4 is 5.82 Å². The van der Waals surface area contributed by atoms with E-state index in [0.717, 1.165) is 31.0 Å². The average molecular weight is 219 g/mol. The zero-order chi connectivity index (χ0) is 11.6. The van der Waals surface area contributed by atoms with Gasteiger partial charge in [0.25, 0.3) is 0 Å². The van der Waals surface area contributed by atoms with Gasteiger partial charge in [0.1, 0.15) is 5.82 Å². The van der Waals surface area contributed by atoms with Crippen molar-refractivity contribution in [2.45, 2.75) is 45.4 Å². The minimum atomic E-state index is 0.135. The van der Waals surface area contributed by atoms with Gasteiger partial charge in [0.05, 0.1) is 18.1 Å². The van der Waals surface area contributed by atoms with E-state index in [1.165, 1.54) is 12.8 Å². The van der Waals surface area contributed by atoms with E-state index in [0.29, 0.717) is 0 Å². The quantitative estimate of drug-likeness (QED) is 0.782. The maximum Gasteiger partial charge on any atom is 0.147 e. The molecule has 1 aliphatic heterocycles. The number of rotatable bonds is 3. The third-order valence-electron chi connectivity index (χ3n) is 3.65. The summed E-state index contributed by atoms with van der Waals surface area (Å²) in [5.41, 5.74) is 1.23. The molecule has 0 spiro atoms. The van der Waals surface area contributed by atoms with Crippen LogP contribution < -0.4 is 4.90 Å². The summed E-state index contributed by atoms with van der Waals surface area (Å²) >= 11 is 0. The van der Waals surface area contributed by atoms with Crippen molar-refractivity contribution in [3.63, 3.8) is 0 Å². The molecule has 0 unspecified atom stereocenters. The highest BCUT2D eigenvalue weighted by molar-refractivity contribution is 5.37. The standard InChI is InChI=1S/C13H21N3/c1-4-13(2,3)11-9-15-12(10-14-11)16-7-5-6-8-16/h9-10H,4-8H2,1-3H3. The first-order chi connectivity index (χ1) is 7.63. The van der Waals surface area contributed by atoms with Crippen LogP contribution in [0.1, 0.15) is 45.7 Å². The van der Waals surface area contributed by atoms with E-state index in [2.05, 4.69) is 35.6 Å². The third kappa shape index (κ3) is 2.18. The molecule has 88 valence electrons. The normalized spacial score (nSPS) is 16.8. The van der Waals surface area contributed by atoms with Crippen molar-refractivity contribution < 1.29 is 0 Å². The van der Waals surface area contributed by atoms with Gasteiger partial charge in [-0.05, 0) is 19.3 Å². The van der Waals surface area contributed by atoms with Crippen LogP contribution in [0.2, 0.25) is 0 Å². The summed E-state index contributed by atoms with van der Waals surface area (Å²) in [6, 6.07) is 0. The largest absolute Gasteiger partial charge is 0.355 e. The lowest BCUT2D eigenvalue weighted by atomic mass is 9.87. The zero-order valence-electron chi connectivity index (χ0n) is 10.5. The molecule has 0 radical (unpaired) electrons. The van der Waals surface area contributed by atoms with Crippen LogP contribution in [0.15, 0.2) is 12.4 Å². The van der Waals surface area contributed by atoms with Crippen molar-refractivity contribution in [1.29, 1.82) is 0 Å². The molecule has 2 heterocycles. The van der Waals surface area contributed by atoms with Crippen molar-refractivity contribution in [3.05, 3.63) is 18.1 Å². The predicted octanol–water partition coefficient (Wildman–Crippen LogP) is 2.76. The molecule has 0 saturated carbocycles. The second-order valence-electron chi connectivity index (χ2n) is 5.19. The smallest absolute Gasteiger partial charge is 0.147 e. The molecule has 1 aromatic heterocycles. The van der Waals surface area contributed by atoms with Gasteiger partial charge < -0.3 is 4.90 Å². The van der Waals surface area contributed by atoms with Gasteiger partial charge in [-0.25, -0.2) is 4.98 Å². The topological polar surface area (TPSA) is 29.0 Å². The fourth-order valence-corrected chi connectivity index (χ4v) is 1.96. The molecule has 1 fully saturated rings. The van der Waals surface area contributed by atoms with Crippen LogP contribution in [-0.4, -0.2) is 23.1 Å². The fraction of sp³-hybridized carbons (Fsp3) is 0.692. The van der Waals surface area contributed by atoms with Crippen LogP contribution in [-0.2, 0) is 5.41 Å². The molecule has 0 aromatic carbocycles. The maximum absolute atomic E-state index is 4.56. The third-order valence-corrected chi connectivity index (χ3v) is 3.65. The predicted molar refractivity (Wildman–Crippen MR) is 66.8 cm³/mol. The summed E-state index contributed by atoms with van der Waals surface area (Å²) in [6.07, 6.45) is 7.52. The molecule has 1 aliphatic rings. The number of hydrogen-bond donors (Lipinski definition) is 0. The lowest BCUT2D eigenvalue weighted by Gasteiger charge is -2.22. The SMILES string of the molecule is CCC(C)(C)c1cnc(N2CCCC2)cn1. The van der Waals surface area contributed by atoms with Crippen molar-refractivity contribution in [3.8, 4) is 0 Å². The molecule has 0 aliphatic carbocycles. The molecule has 3 heteroatoms. The summed E-state index contributed by atoms with van der Waals surface area (Å²) in [6.45, 7) is 8.88. The van der Waals surface area contributed by atoms with Gasteiger partial charge in [0.2, 0.25) is 0 Å². The van der Waals surface area contributed by atoms with Gasteiger partial charge >= 0.3 is 0 Å². The summed E-state index contributed by atoms with van der Waals surface area (Å²) in [5.74, 6) is 1.04. The van der Waals surface area contributed by atoms with Gasteiger partial charge in [0.15, 0.2) is 0 Å². The van der Waals surface area contributed by atoms with Crippen molar-refractivity contribution in [2.24, 2.45) is 0 Å². The van der Waals surface area contributed by atoms with Crippen LogP contribution in [0.25, 0.3) is 0 Å². The molecule has 0 N–H and O–H groups in total. The minimum absolute atomic E-state index is 0.135. The fourth-order valence-electron chi connectivity index (χ4n) is 1.96. The Morgan fingerprint density at radius 1 is 1.19 bits per heavy atom. The van der Waals surface area contributed by atoms with E-state index >= 15 is 0 Å².